The van der Waals surface area contributed by atoms with Crippen LogP contribution in [0.1, 0.15) is 39.2 Å². The summed E-state index contributed by atoms with van der Waals surface area (Å²) >= 11 is 3.08. The van der Waals surface area contributed by atoms with Gasteiger partial charge in [0.15, 0.2) is 0 Å². The minimum atomic E-state index is -4.35. The van der Waals surface area contributed by atoms with E-state index in [1.165, 1.54) is 6.07 Å². The van der Waals surface area contributed by atoms with Crippen molar-refractivity contribution in [3.05, 3.63) is 28.2 Å². The van der Waals surface area contributed by atoms with Crippen LogP contribution in [0, 0.1) is 5.92 Å². The number of halogens is 4. The Hall–Kier alpha value is -0.710. The van der Waals surface area contributed by atoms with Crippen LogP contribution in [0.2, 0.25) is 0 Å². The number of hydrogen-bond donors (Lipinski definition) is 1. The summed E-state index contributed by atoms with van der Waals surface area (Å²) in [6.45, 7) is 6.04. The molecule has 1 unspecified atom stereocenters. The summed E-state index contributed by atoms with van der Waals surface area (Å²) in [6, 6.07) is 4.22. The molecule has 1 rings (SSSR count). The van der Waals surface area contributed by atoms with E-state index in [0.717, 1.165) is 18.9 Å². The summed E-state index contributed by atoms with van der Waals surface area (Å²) in [5.41, 5.74) is -0.477. The van der Waals surface area contributed by atoms with Crippen molar-refractivity contribution in [1.82, 2.24) is 0 Å². The zero-order valence-electron chi connectivity index (χ0n) is 11.3. The molecule has 0 aromatic heterocycles. The molecule has 0 aliphatic carbocycles. The smallest absolute Gasteiger partial charge is 0.382 e. The minimum Gasteiger partial charge on any atom is -0.382 e. The maximum Gasteiger partial charge on any atom is 0.418 e. The van der Waals surface area contributed by atoms with Crippen LogP contribution in [0.5, 0.6) is 0 Å². The molecule has 0 saturated carbocycles. The van der Waals surface area contributed by atoms with Crippen LogP contribution < -0.4 is 5.32 Å². The Morgan fingerprint density at radius 2 is 1.79 bits per heavy atom. The van der Waals surface area contributed by atoms with Crippen LogP contribution in [0.15, 0.2) is 22.7 Å². The third-order valence-corrected chi connectivity index (χ3v) is 3.92. The Balaban J connectivity index is 3.01. The van der Waals surface area contributed by atoms with Crippen molar-refractivity contribution in [2.24, 2.45) is 5.92 Å². The van der Waals surface area contributed by atoms with Crippen molar-refractivity contribution >= 4 is 21.6 Å². The number of benzene rings is 1. The van der Waals surface area contributed by atoms with Crippen molar-refractivity contribution in [3.8, 4) is 0 Å². The summed E-state index contributed by atoms with van der Waals surface area (Å²) in [5, 5.41) is 3.01. The lowest BCUT2D eigenvalue weighted by Gasteiger charge is -2.25. The molecule has 0 radical (unpaired) electrons. The van der Waals surface area contributed by atoms with Crippen molar-refractivity contribution in [1.29, 1.82) is 0 Å². The molecule has 19 heavy (non-hydrogen) atoms. The molecule has 0 aliphatic rings. The Kier molecular flexibility index (Phi) is 5.71. The van der Waals surface area contributed by atoms with Crippen LogP contribution in [-0.4, -0.2) is 6.04 Å². The normalized spacial score (nSPS) is 13.7. The Morgan fingerprint density at radius 3 is 2.26 bits per heavy atom. The number of alkyl halides is 3. The molecule has 0 aliphatic heterocycles. The van der Waals surface area contributed by atoms with E-state index in [4.69, 9.17) is 0 Å². The molecule has 1 aromatic carbocycles. The van der Waals surface area contributed by atoms with Gasteiger partial charge < -0.3 is 5.32 Å². The van der Waals surface area contributed by atoms with Gasteiger partial charge in [-0.25, -0.2) is 0 Å². The maximum absolute atomic E-state index is 13.0. The third-order valence-electron chi connectivity index (χ3n) is 3.43. The molecular weight excluding hydrogens is 319 g/mol. The van der Waals surface area contributed by atoms with E-state index < -0.39 is 11.7 Å². The zero-order chi connectivity index (χ0) is 14.6. The highest BCUT2D eigenvalue weighted by atomic mass is 79.9. The number of nitrogens with one attached hydrogen (secondary N) is 1. The van der Waals surface area contributed by atoms with Crippen molar-refractivity contribution in [2.45, 2.75) is 45.8 Å². The average Bonchev–Trinajstić information content (AvgIpc) is 2.31. The van der Waals surface area contributed by atoms with Crippen LogP contribution in [-0.2, 0) is 6.18 Å². The zero-order valence-corrected chi connectivity index (χ0v) is 12.9. The second kappa shape index (κ2) is 6.64. The van der Waals surface area contributed by atoms with Gasteiger partial charge in [-0.15, -0.1) is 0 Å². The molecule has 0 spiro atoms. The maximum atomic E-state index is 13.0. The molecule has 5 heteroatoms. The Morgan fingerprint density at radius 1 is 1.21 bits per heavy atom. The van der Waals surface area contributed by atoms with Crippen LogP contribution in [0.4, 0.5) is 18.9 Å². The van der Waals surface area contributed by atoms with Crippen LogP contribution >= 0.6 is 15.9 Å². The summed E-state index contributed by atoms with van der Waals surface area (Å²) in [5.74, 6) is 0.365. The van der Waals surface area contributed by atoms with Crippen molar-refractivity contribution < 1.29 is 13.2 Å². The van der Waals surface area contributed by atoms with Gasteiger partial charge in [0, 0.05) is 16.2 Å². The Labute approximate surface area is 120 Å². The van der Waals surface area contributed by atoms with Crippen LogP contribution in [0.3, 0.4) is 0 Å². The molecule has 0 saturated heterocycles. The summed E-state index contributed by atoms with van der Waals surface area (Å²) < 4.78 is 39.4. The fraction of sp³-hybridized carbons (Fsp3) is 0.571. The first-order valence-electron chi connectivity index (χ1n) is 6.42. The van der Waals surface area contributed by atoms with E-state index in [9.17, 15) is 13.2 Å². The molecule has 1 aromatic rings. The van der Waals surface area contributed by atoms with Gasteiger partial charge in [0.1, 0.15) is 0 Å². The topological polar surface area (TPSA) is 12.0 Å². The first kappa shape index (κ1) is 16.3. The molecule has 0 bridgehead atoms. The van der Waals surface area contributed by atoms with Gasteiger partial charge in [-0.1, -0.05) is 42.6 Å². The lowest BCUT2D eigenvalue weighted by atomic mass is 9.95. The molecule has 108 valence electrons. The molecule has 1 N–H and O–H groups in total. The lowest BCUT2D eigenvalue weighted by molar-refractivity contribution is -0.137. The van der Waals surface area contributed by atoms with Gasteiger partial charge in [0.2, 0.25) is 0 Å². The molecule has 0 heterocycles. The molecule has 0 amide bonds. The summed E-state index contributed by atoms with van der Waals surface area (Å²) in [6.07, 6.45) is -2.45. The van der Waals surface area contributed by atoms with E-state index in [0.29, 0.717) is 10.4 Å². The standard InChI is InChI=1S/C14H19BrF3N/c1-4-10(5-2)9(3)19-13-7-6-11(15)8-12(13)14(16,17)18/h6-10,19H,4-5H2,1-3H3. The van der Waals surface area contributed by atoms with E-state index >= 15 is 0 Å². The van der Waals surface area contributed by atoms with E-state index in [-0.39, 0.29) is 11.7 Å². The fourth-order valence-electron chi connectivity index (χ4n) is 2.24. The summed E-state index contributed by atoms with van der Waals surface area (Å²) in [7, 11) is 0. The SMILES string of the molecule is CCC(CC)C(C)Nc1ccc(Br)cc1C(F)(F)F. The van der Waals surface area contributed by atoms with Crippen LogP contribution in [0.25, 0.3) is 0 Å². The quantitative estimate of drug-likeness (QED) is 0.726. The van der Waals surface area contributed by atoms with E-state index in [1.54, 1.807) is 6.07 Å². The highest BCUT2D eigenvalue weighted by Gasteiger charge is 2.34. The van der Waals surface area contributed by atoms with Gasteiger partial charge >= 0.3 is 6.18 Å². The number of rotatable bonds is 5. The second-order valence-electron chi connectivity index (χ2n) is 4.70. The number of hydrogen-bond acceptors (Lipinski definition) is 1. The Bertz CT molecular complexity index is 414. The van der Waals surface area contributed by atoms with Gasteiger partial charge in [0.25, 0.3) is 0 Å². The fourth-order valence-corrected chi connectivity index (χ4v) is 2.60. The van der Waals surface area contributed by atoms with Crippen molar-refractivity contribution in [3.63, 3.8) is 0 Å². The predicted molar refractivity (Wildman–Crippen MR) is 76.3 cm³/mol. The minimum absolute atomic E-state index is 0.0114. The third kappa shape index (κ3) is 4.41. The lowest BCUT2D eigenvalue weighted by Crippen LogP contribution is -2.26. The first-order valence-corrected chi connectivity index (χ1v) is 7.22. The predicted octanol–water partition coefficient (Wildman–Crippen LogP) is 5.70. The molecule has 0 fully saturated rings. The van der Waals surface area contributed by atoms with Gasteiger partial charge in [-0.05, 0) is 31.0 Å². The van der Waals surface area contributed by atoms with Gasteiger partial charge in [-0.3, -0.25) is 0 Å². The highest BCUT2D eigenvalue weighted by Crippen LogP contribution is 2.37. The largest absolute Gasteiger partial charge is 0.418 e. The average molecular weight is 338 g/mol. The molecular formula is C14H19BrF3N. The second-order valence-corrected chi connectivity index (χ2v) is 5.61. The first-order chi connectivity index (χ1) is 8.79. The highest BCUT2D eigenvalue weighted by molar-refractivity contribution is 9.10. The van der Waals surface area contributed by atoms with Gasteiger partial charge in [0.05, 0.1) is 5.56 Å². The van der Waals surface area contributed by atoms with E-state index in [2.05, 4.69) is 35.1 Å². The molecule has 1 atom stereocenters. The monoisotopic (exact) mass is 337 g/mol. The number of anilines is 1. The molecule has 1 nitrogen and oxygen atoms in total. The van der Waals surface area contributed by atoms with E-state index in [1.807, 2.05) is 6.92 Å². The summed E-state index contributed by atoms with van der Waals surface area (Å²) in [4.78, 5) is 0. The van der Waals surface area contributed by atoms with Crippen molar-refractivity contribution in [2.75, 3.05) is 5.32 Å². The van der Waals surface area contributed by atoms with Gasteiger partial charge in [-0.2, -0.15) is 13.2 Å².